The van der Waals surface area contributed by atoms with Gasteiger partial charge in [0, 0.05) is 24.5 Å². The Kier molecular flexibility index (Phi) is 4.54. The van der Waals surface area contributed by atoms with Crippen LogP contribution in [0.25, 0.3) is 0 Å². The Labute approximate surface area is 158 Å². The molecule has 0 spiro atoms. The number of ketones is 2. The summed E-state index contributed by atoms with van der Waals surface area (Å²) >= 11 is 0. The zero-order valence-corrected chi connectivity index (χ0v) is 15.0. The van der Waals surface area contributed by atoms with Gasteiger partial charge in [0.15, 0.2) is 5.78 Å². The van der Waals surface area contributed by atoms with Crippen LogP contribution >= 0.6 is 0 Å². The van der Waals surface area contributed by atoms with Gasteiger partial charge in [-0.05, 0) is 31.4 Å². The number of alkyl halides is 3. The zero-order chi connectivity index (χ0) is 20.2. The molecule has 6 nitrogen and oxygen atoms in total. The Bertz CT molecular complexity index is 875. The van der Waals surface area contributed by atoms with Crippen molar-refractivity contribution in [3.05, 3.63) is 40.4 Å². The fourth-order valence-corrected chi connectivity index (χ4v) is 4.08. The standard InChI is InChI=1S/C19H18F3NO5/c1-27-18(11-7-28-11)14-10(4-5-12(23-14)19(20,21)22)17(26)13-15(24)8-2-3-9(6-8)16(13)25/h4-5,8-9,11,18,24H,2-3,6-7H2,1H3. The van der Waals surface area contributed by atoms with Crippen LogP contribution in [-0.2, 0) is 20.4 Å². The van der Waals surface area contributed by atoms with E-state index >= 15 is 0 Å². The van der Waals surface area contributed by atoms with E-state index in [9.17, 15) is 27.9 Å². The van der Waals surface area contributed by atoms with Gasteiger partial charge in [-0.25, -0.2) is 4.98 Å². The molecule has 28 heavy (non-hydrogen) atoms. The van der Waals surface area contributed by atoms with Gasteiger partial charge in [0.1, 0.15) is 29.2 Å². The molecule has 1 aliphatic heterocycles. The molecule has 4 unspecified atom stereocenters. The number of fused-ring (bicyclic) bond motifs is 2. The van der Waals surface area contributed by atoms with E-state index in [2.05, 4.69) is 4.98 Å². The number of aliphatic hydroxyl groups is 1. The number of aromatic nitrogens is 1. The third-order valence-corrected chi connectivity index (χ3v) is 5.60. The van der Waals surface area contributed by atoms with Gasteiger partial charge in [-0.1, -0.05) is 0 Å². The van der Waals surface area contributed by atoms with Crippen LogP contribution in [0.4, 0.5) is 13.2 Å². The number of ether oxygens (including phenoxy) is 2. The number of nitrogens with zero attached hydrogens (tertiary/aromatic N) is 1. The molecule has 3 aliphatic rings. The molecule has 1 aromatic heterocycles. The summed E-state index contributed by atoms with van der Waals surface area (Å²) in [6.45, 7) is 0.265. The normalized spacial score (nSPS) is 27.9. The Morgan fingerprint density at radius 3 is 2.61 bits per heavy atom. The molecular formula is C19H18F3NO5. The van der Waals surface area contributed by atoms with E-state index < -0.39 is 35.6 Å². The number of pyridine rings is 1. The van der Waals surface area contributed by atoms with Crippen LogP contribution in [0, 0.1) is 11.8 Å². The molecule has 0 radical (unpaired) electrons. The van der Waals surface area contributed by atoms with Crippen molar-refractivity contribution in [3.8, 4) is 0 Å². The summed E-state index contributed by atoms with van der Waals surface area (Å²) in [6.07, 6.45) is -4.53. The summed E-state index contributed by atoms with van der Waals surface area (Å²) in [5.41, 5.74) is -1.94. The van der Waals surface area contributed by atoms with Crippen molar-refractivity contribution in [2.45, 2.75) is 37.6 Å². The van der Waals surface area contributed by atoms with E-state index in [1.807, 2.05) is 0 Å². The fourth-order valence-electron chi connectivity index (χ4n) is 4.08. The highest BCUT2D eigenvalue weighted by Crippen LogP contribution is 2.44. The third-order valence-electron chi connectivity index (χ3n) is 5.60. The number of epoxide rings is 1. The average Bonchev–Trinajstić information content (AvgIpc) is 3.37. The van der Waals surface area contributed by atoms with E-state index in [1.165, 1.54) is 7.11 Å². The first-order chi connectivity index (χ1) is 13.2. The van der Waals surface area contributed by atoms with Crippen LogP contribution in [0.1, 0.15) is 47.1 Å². The lowest BCUT2D eigenvalue weighted by Gasteiger charge is -2.22. The maximum Gasteiger partial charge on any atom is 0.433 e. The Hall–Kier alpha value is -2.26. The molecule has 4 atom stereocenters. The van der Waals surface area contributed by atoms with Crippen LogP contribution in [0.5, 0.6) is 0 Å². The Balaban J connectivity index is 1.81. The minimum absolute atomic E-state index is 0.188. The summed E-state index contributed by atoms with van der Waals surface area (Å²) in [7, 11) is 1.28. The Morgan fingerprint density at radius 2 is 2.00 bits per heavy atom. The average molecular weight is 397 g/mol. The van der Waals surface area contributed by atoms with E-state index in [4.69, 9.17) is 9.47 Å². The summed E-state index contributed by atoms with van der Waals surface area (Å²) in [5, 5.41) is 10.4. The van der Waals surface area contributed by atoms with Crippen molar-refractivity contribution >= 4 is 11.6 Å². The van der Waals surface area contributed by atoms with Crippen LogP contribution < -0.4 is 0 Å². The SMILES string of the molecule is COC(c1nc(C(F)(F)F)ccc1C(=O)C1=C(O)C2CCC(C2)C1=O)C1CO1. The van der Waals surface area contributed by atoms with Crippen LogP contribution in [0.15, 0.2) is 23.5 Å². The van der Waals surface area contributed by atoms with Crippen LogP contribution in [-0.4, -0.2) is 41.5 Å². The first kappa shape index (κ1) is 19.1. The molecule has 0 amide bonds. The third kappa shape index (κ3) is 3.12. The molecule has 1 aromatic rings. The van der Waals surface area contributed by atoms with Gasteiger partial charge < -0.3 is 14.6 Å². The fraction of sp³-hybridized carbons (Fsp3) is 0.526. The van der Waals surface area contributed by atoms with Crippen molar-refractivity contribution < 1.29 is 37.3 Å². The highest BCUT2D eigenvalue weighted by atomic mass is 19.4. The maximum absolute atomic E-state index is 13.2. The van der Waals surface area contributed by atoms with Crippen molar-refractivity contribution in [2.75, 3.05) is 13.7 Å². The lowest BCUT2D eigenvalue weighted by molar-refractivity contribution is -0.141. The lowest BCUT2D eigenvalue weighted by Crippen LogP contribution is -2.29. The highest BCUT2D eigenvalue weighted by molar-refractivity contribution is 6.28. The van der Waals surface area contributed by atoms with E-state index in [0.717, 1.165) is 6.07 Å². The van der Waals surface area contributed by atoms with E-state index in [-0.39, 0.29) is 41.0 Å². The van der Waals surface area contributed by atoms with E-state index in [1.54, 1.807) is 0 Å². The monoisotopic (exact) mass is 397 g/mol. The minimum Gasteiger partial charge on any atom is -0.511 e. The number of rotatable bonds is 5. The molecule has 2 aliphatic carbocycles. The van der Waals surface area contributed by atoms with Gasteiger partial charge in [0.2, 0.25) is 5.78 Å². The van der Waals surface area contributed by atoms with Gasteiger partial charge in [-0.15, -0.1) is 0 Å². The highest BCUT2D eigenvalue weighted by Gasteiger charge is 2.45. The smallest absolute Gasteiger partial charge is 0.433 e. The van der Waals surface area contributed by atoms with E-state index in [0.29, 0.717) is 25.3 Å². The molecule has 1 saturated heterocycles. The van der Waals surface area contributed by atoms with Crippen molar-refractivity contribution in [1.29, 1.82) is 0 Å². The molecule has 2 fully saturated rings. The maximum atomic E-state index is 13.2. The number of aliphatic hydroxyl groups excluding tert-OH is 1. The number of allylic oxidation sites excluding steroid dienone is 2. The summed E-state index contributed by atoms with van der Waals surface area (Å²) in [4.78, 5) is 29.4. The number of hydrogen-bond donors (Lipinski definition) is 1. The molecule has 4 rings (SSSR count). The molecule has 0 aromatic carbocycles. The molecule has 9 heteroatoms. The summed E-state index contributed by atoms with van der Waals surface area (Å²) in [6, 6.07) is 1.68. The van der Waals surface area contributed by atoms with Crippen molar-refractivity contribution in [2.24, 2.45) is 11.8 Å². The minimum atomic E-state index is -4.71. The van der Waals surface area contributed by atoms with Crippen LogP contribution in [0.3, 0.4) is 0 Å². The molecular weight excluding hydrogens is 379 g/mol. The predicted molar refractivity (Wildman–Crippen MR) is 88.6 cm³/mol. The van der Waals surface area contributed by atoms with Crippen molar-refractivity contribution in [3.63, 3.8) is 0 Å². The number of carbonyl (C=O) groups is 2. The van der Waals surface area contributed by atoms with Crippen LogP contribution in [0.2, 0.25) is 0 Å². The number of halogens is 3. The first-order valence-electron chi connectivity index (χ1n) is 8.97. The van der Waals surface area contributed by atoms with Crippen molar-refractivity contribution in [1.82, 2.24) is 4.98 Å². The summed E-state index contributed by atoms with van der Waals surface area (Å²) < 4.78 is 49.8. The number of Topliss-reactive ketones (excluding diaryl/α,β-unsaturated/α-hetero) is 2. The van der Waals surface area contributed by atoms with Gasteiger partial charge in [-0.2, -0.15) is 13.2 Å². The number of methoxy groups -OCH3 is 1. The molecule has 1 N–H and O–H groups in total. The molecule has 150 valence electrons. The zero-order valence-electron chi connectivity index (χ0n) is 15.0. The second-order valence-electron chi connectivity index (χ2n) is 7.32. The topological polar surface area (TPSA) is 89.0 Å². The van der Waals surface area contributed by atoms with Gasteiger partial charge in [-0.3, -0.25) is 9.59 Å². The Morgan fingerprint density at radius 1 is 1.32 bits per heavy atom. The molecule has 1 saturated carbocycles. The first-order valence-corrected chi connectivity index (χ1v) is 8.97. The molecule has 2 bridgehead atoms. The number of carbonyl (C=O) groups excluding carboxylic acids is 2. The van der Waals surface area contributed by atoms with Gasteiger partial charge in [0.25, 0.3) is 0 Å². The second kappa shape index (κ2) is 6.66. The lowest BCUT2D eigenvalue weighted by atomic mass is 9.82. The largest absolute Gasteiger partial charge is 0.511 e. The predicted octanol–water partition coefficient (Wildman–Crippen LogP) is 3.18. The van der Waals surface area contributed by atoms with Gasteiger partial charge in [0.05, 0.1) is 12.3 Å². The number of hydrogen-bond acceptors (Lipinski definition) is 6. The van der Waals surface area contributed by atoms with Gasteiger partial charge >= 0.3 is 6.18 Å². The summed E-state index contributed by atoms with van der Waals surface area (Å²) in [5.74, 6) is -2.16. The quantitative estimate of drug-likeness (QED) is 0.466. The second-order valence-corrected chi connectivity index (χ2v) is 7.32. The molecule has 2 heterocycles.